The highest BCUT2D eigenvalue weighted by molar-refractivity contribution is 5.69. The number of hydrogen-bond donors (Lipinski definition) is 1. The molecule has 0 atom stereocenters. The number of nitrogens with zero attached hydrogens (tertiary/aromatic N) is 1. The van der Waals surface area contributed by atoms with E-state index >= 15 is 0 Å². The second-order valence-corrected chi connectivity index (χ2v) is 8.27. The molecule has 3 nitrogen and oxygen atoms in total. The van der Waals surface area contributed by atoms with Crippen molar-refractivity contribution in [3.63, 3.8) is 0 Å². The number of pyridine rings is 1. The summed E-state index contributed by atoms with van der Waals surface area (Å²) in [6.45, 7) is 10.2. The van der Waals surface area contributed by atoms with Gasteiger partial charge in [-0.25, -0.2) is 0 Å². The van der Waals surface area contributed by atoms with Crippen LogP contribution in [0, 0.1) is 0 Å². The molecule has 0 amide bonds. The van der Waals surface area contributed by atoms with Crippen molar-refractivity contribution < 1.29 is 4.74 Å². The fraction of sp³-hybridized carbons (Fsp3) is 0.458. The maximum Gasteiger partial charge on any atom is 0.0716 e. The molecule has 0 fully saturated rings. The van der Waals surface area contributed by atoms with E-state index in [0.29, 0.717) is 6.61 Å². The van der Waals surface area contributed by atoms with Crippen LogP contribution in [0.1, 0.15) is 56.1 Å². The summed E-state index contributed by atoms with van der Waals surface area (Å²) in [5.74, 6) is 0. The monoisotopic (exact) mass is 364 g/mol. The summed E-state index contributed by atoms with van der Waals surface area (Å²) < 4.78 is 5.81. The van der Waals surface area contributed by atoms with Gasteiger partial charge in [-0.05, 0) is 48.6 Å². The fourth-order valence-electron chi connectivity index (χ4n) is 3.46. The Morgan fingerprint density at radius 3 is 2.59 bits per heavy atom. The summed E-state index contributed by atoms with van der Waals surface area (Å²) in [5.41, 5.74) is 6.42. The molecule has 0 spiro atoms. The Hall–Kier alpha value is -1.97. The summed E-state index contributed by atoms with van der Waals surface area (Å²) in [6, 6.07) is 14.8. The third-order valence-electron chi connectivity index (χ3n) is 4.91. The molecule has 0 bridgehead atoms. The highest BCUT2D eigenvalue weighted by atomic mass is 16.5. The smallest absolute Gasteiger partial charge is 0.0716 e. The number of aryl methyl sites for hydroxylation is 1. The van der Waals surface area contributed by atoms with Gasteiger partial charge in [-0.3, -0.25) is 4.98 Å². The molecule has 1 aliphatic heterocycles. The third kappa shape index (κ3) is 5.75. The molecule has 2 heterocycles. The molecular weight excluding hydrogens is 332 g/mol. The zero-order chi connectivity index (χ0) is 19.1. The van der Waals surface area contributed by atoms with Crippen LogP contribution < -0.4 is 5.32 Å². The van der Waals surface area contributed by atoms with Crippen molar-refractivity contribution in [2.24, 2.45) is 0 Å². The first-order valence-electron chi connectivity index (χ1n) is 10.1. The SMILES string of the molecule is CC(C)(C)c1nc(CCCOCc2ccccc2)ccc1C1=CCNCC1. The average molecular weight is 365 g/mol. The summed E-state index contributed by atoms with van der Waals surface area (Å²) >= 11 is 0. The molecule has 3 heteroatoms. The molecule has 1 N–H and O–H groups in total. The minimum atomic E-state index is 0.0425. The Labute approximate surface area is 163 Å². The summed E-state index contributed by atoms with van der Waals surface area (Å²) in [4.78, 5) is 5.06. The number of rotatable bonds is 7. The van der Waals surface area contributed by atoms with Crippen molar-refractivity contribution in [2.75, 3.05) is 19.7 Å². The predicted molar refractivity (Wildman–Crippen MR) is 113 cm³/mol. The molecule has 1 aromatic carbocycles. The van der Waals surface area contributed by atoms with Gasteiger partial charge >= 0.3 is 0 Å². The van der Waals surface area contributed by atoms with E-state index < -0.39 is 0 Å². The lowest BCUT2D eigenvalue weighted by atomic mass is 9.84. The lowest BCUT2D eigenvalue weighted by molar-refractivity contribution is 0.118. The van der Waals surface area contributed by atoms with Crippen LogP contribution in [-0.4, -0.2) is 24.7 Å². The molecule has 27 heavy (non-hydrogen) atoms. The molecule has 0 saturated carbocycles. The van der Waals surface area contributed by atoms with Crippen LogP contribution in [0.5, 0.6) is 0 Å². The van der Waals surface area contributed by atoms with E-state index in [1.807, 2.05) is 6.07 Å². The first-order chi connectivity index (χ1) is 13.0. The van der Waals surface area contributed by atoms with Crippen molar-refractivity contribution in [1.29, 1.82) is 0 Å². The normalized spacial score (nSPS) is 14.9. The van der Waals surface area contributed by atoms with Crippen LogP contribution in [0.25, 0.3) is 5.57 Å². The Balaban J connectivity index is 1.60. The fourth-order valence-corrected chi connectivity index (χ4v) is 3.46. The zero-order valence-corrected chi connectivity index (χ0v) is 16.9. The predicted octanol–water partition coefficient (Wildman–Crippen LogP) is 4.91. The summed E-state index contributed by atoms with van der Waals surface area (Å²) in [5, 5.41) is 3.40. The second kappa shape index (κ2) is 9.29. The van der Waals surface area contributed by atoms with Crippen molar-refractivity contribution in [3.8, 4) is 0 Å². The summed E-state index contributed by atoms with van der Waals surface area (Å²) in [7, 11) is 0. The minimum absolute atomic E-state index is 0.0425. The molecule has 0 unspecified atom stereocenters. The van der Waals surface area contributed by atoms with E-state index in [0.717, 1.165) is 39.0 Å². The number of benzene rings is 1. The Morgan fingerprint density at radius 2 is 1.89 bits per heavy atom. The molecule has 2 aromatic rings. The zero-order valence-electron chi connectivity index (χ0n) is 16.9. The molecule has 3 rings (SSSR count). The van der Waals surface area contributed by atoms with Gasteiger partial charge in [-0.1, -0.05) is 63.2 Å². The quantitative estimate of drug-likeness (QED) is 0.709. The minimum Gasteiger partial charge on any atom is -0.377 e. The van der Waals surface area contributed by atoms with Gasteiger partial charge in [-0.2, -0.15) is 0 Å². The Kier molecular flexibility index (Phi) is 6.81. The van der Waals surface area contributed by atoms with Gasteiger partial charge < -0.3 is 10.1 Å². The van der Waals surface area contributed by atoms with Crippen LogP contribution in [0.15, 0.2) is 48.5 Å². The van der Waals surface area contributed by atoms with Crippen molar-refractivity contribution in [3.05, 3.63) is 71.1 Å². The van der Waals surface area contributed by atoms with Gasteiger partial charge in [0.2, 0.25) is 0 Å². The second-order valence-electron chi connectivity index (χ2n) is 8.27. The maximum atomic E-state index is 5.81. The maximum absolute atomic E-state index is 5.81. The van der Waals surface area contributed by atoms with Gasteiger partial charge in [0.05, 0.1) is 12.3 Å². The number of aromatic nitrogens is 1. The van der Waals surface area contributed by atoms with Gasteiger partial charge in [-0.15, -0.1) is 0 Å². The van der Waals surface area contributed by atoms with Crippen LogP contribution in [-0.2, 0) is 23.2 Å². The highest BCUT2D eigenvalue weighted by Gasteiger charge is 2.22. The lowest BCUT2D eigenvalue weighted by Gasteiger charge is -2.25. The molecule has 1 aliphatic rings. The van der Waals surface area contributed by atoms with Crippen LogP contribution >= 0.6 is 0 Å². The van der Waals surface area contributed by atoms with Gasteiger partial charge in [0, 0.05) is 24.3 Å². The standard InChI is InChI=1S/C24H32N2O/c1-24(2,3)23-22(20-13-15-25-16-14-20)12-11-21(26-23)10-7-17-27-18-19-8-5-4-6-9-19/h4-6,8-9,11-13,25H,7,10,14-18H2,1-3H3. The van der Waals surface area contributed by atoms with E-state index in [9.17, 15) is 0 Å². The molecule has 144 valence electrons. The average Bonchev–Trinajstić information content (AvgIpc) is 2.68. The van der Waals surface area contributed by atoms with Crippen molar-refractivity contribution >= 4 is 5.57 Å². The molecule has 0 radical (unpaired) electrons. The first-order valence-corrected chi connectivity index (χ1v) is 10.1. The van der Waals surface area contributed by atoms with E-state index in [4.69, 9.17) is 9.72 Å². The molecule has 0 aliphatic carbocycles. The lowest BCUT2D eigenvalue weighted by Crippen LogP contribution is -2.23. The van der Waals surface area contributed by atoms with Crippen molar-refractivity contribution in [1.82, 2.24) is 10.3 Å². The first kappa shape index (κ1) is 19.8. The van der Waals surface area contributed by atoms with Gasteiger partial charge in [0.25, 0.3) is 0 Å². The van der Waals surface area contributed by atoms with Crippen LogP contribution in [0.2, 0.25) is 0 Å². The van der Waals surface area contributed by atoms with Crippen LogP contribution in [0.4, 0.5) is 0 Å². The molecular formula is C24H32N2O. The third-order valence-corrected chi connectivity index (χ3v) is 4.91. The highest BCUT2D eigenvalue weighted by Crippen LogP contribution is 2.31. The van der Waals surface area contributed by atoms with Gasteiger partial charge in [0.15, 0.2) is 0 Å². The molecule has 0 saturated heterocycles. The van der Waals surface area contributed by atoms with Gasteiger partial charge in [0.1, 0.15) is 0 Å². The number of hydrogen-bond acceptors (Lipinski definition) is 3. The topological polar surface area (TPSA) is 34.1 Å². The number of ether oxygens (including phenoxy) is 1. The van der Waals surface area contributed by atoms with Crippen molar-refractivity contribution in [2.45, 2.75) is 52.1 Å². The summed E-state index contributed by atoms with van der Waals surface area (Å²) in [6.07, 6.45) is 5.35. The van der Waals surface area contributed by atoms with E-state index in [1.54, 1.807) is 0 Å². The molecule has 1 aromatic heterocycles. The van der Waals surface area contributed by atoms with E-state index in [2.05, 4.69) is 68.6 Å². The van der Waals surface area contributed by atoms with E-state index in [1.165, 1.54) is 28.1 Å². The Bertz CT molecular complexity index is 760. The largest absolute Gasteiger partial charge is 0.377 e. The Morgan fingerprint density at radius 1 is 1.07 bits per heavy atom. The number of nitrogens with one attached hydrogen (secondary N) is 1. The van der Waals surface area contributed by atoms with E-state index in [-0.39, 0.29) is 5.41 Å². The van der Waals surface area contributed by atoms with Crippen LogP contribution in [0.3, 0.4) is 0 Å².